The zero-order valence-electron chi connectivity index (χ0n) is 10.0. The Morgan fingerprint density at radius 3 is 2.00 bits per heavy atom. The molecule has 0 spiro atoms. The highest BCUT2D eigenvalue weighted by Gasteiger charge is 2.36. The smallest absolute Gasteiger partial charge is 0.407 e. The van der Waals surface area contributed by atoms with Crippen LogP contribution in [0.3, 0.4) is 0 Å². The highest BCUT2D eigenvalue weighted by molar-refractivity contribution is 8.24. The third kappa shape index (κ3) is 3.26. The SMILES string of the molecule is CC(C)(C)N(C(=O)O)C1CCS(O)(O)CC1. The summed E-state index contributed by atoms with van der Waals surface area (Å²) in [5.74, 6) is 0.634. The topological polar surface area (TPSA) is 81.0 Å². The van der Waals surface area contributed by atoms with Gasteiger partial charge in [0.25, 0.3) is 0 Å². The number of hydrogen-bond acceptors (Lipinski definition) is 3. The molecule has 1 amide bonds. The third-order valence-corrected chi connectivity index (χ3v) is 4.63. The third-order valence-electron chi connectivity index (χ3n) is 2.85. The largest absolute Gasteiger partial charge is 0.465 e. The number of carbonyl (C=O) groups is 1. The van der Waals surface area contributed by atoms with Gasteiger partial charge in [-0.1, -0.05) is 0 Å². The standard InChI is InChI=1S/C10H21NO4S/c1-10(2,3)11(9(12)13)8-4-6-16(14,15)7-5-8/h8,14-15H,4-7H2,1-3H3,(H,12,13). The molecule has 0 atom stereocenters. The Balaban J connectivity index is 2.73. The molecule has 1 aliphatic rings. The van der Waals surface area contributed by atoms with Crippen molar-refractivity contribution in [3.05, 3.63) is 0 Å². The molecule has 1 aliphatic heterocycles. The fraction of sp³-hybridized carbons (Fsp3) is 0.900. The second-order valence-corrected chi connectivity index (χ2v) is 7.69. The van der Waals surface area contributed by atoms with Crippen LogP contribution >= 0.6 is 10.6 Å². The summed E-state index contributed by atoms with van der Waals surface area (Å²) in [7, 11) is -2.44. The average Bonchev–Trinajstić information content (AvgIpc) is 2.05. The summed E-state index contributed by atoms with van der Waals surface area (Å²) in [4.78, 5) is 12.6. The molecule has 5 nitrogen and oxygen atoms in total. The van der Waals surface area contributed by atoms with E-state index in [9.17, 15) is 19.0 Å². The van der Waals surface area contributed by atoms with Gasteiger partial charge in [-0.2, -0.15) is 10.6 Å². The van der Waals surface area contributed by atoms with Crippen molar-refractivity contribution in [1.29, 1.82) is 0 Å². The Morgan fingerprint density at radius 2 is 1.69 bits per heavy atom. The second kappa shape index (κ2) is 4.43. The molecule has 16 heavy (non-hydrogen) atoms. The van der Waals surface area contributed by atoms with Crippen molar-refractivity contribution in [2.24, 2.45) is 0 Å². The van der Waals surface area contributed by atoms with Gasteiger partial charge in [0, 0.05) is 23.1 Å². The van der Waals surface area contributed by atoms with Crippen LogP contribution in [0.1, 0.15) is 33.6 Å². The zero-order chi connectivity index (χ0) is 12.6. The van der Waals surface area contributed by atoms with Crippen molar-refractivity contribution in [3.63, 3.8) is 0 Å². The highest BCUT2D eigenvalue weighted by atomic mass is 32.3. The lowest BCUT2D eigenvalue weighted by atomic mass is 10.0. The summed E-state index contributed by atoms with van der Waals surface area (Å²) in [5, 5.41) is 9.20. The van der Waals surface area contributed by atoms with Crippen molar-refractivity contribution in [2.75, 3.05) is 11.5 Å². The first kappa shape index (κ1) is 13.6. The van der Waals surface area contributed by atoms with E-state index in [2.05, 4.69) is 0 Å². The Morgan fingerprint density at radius 1 is 1.25 bits per heavy atom. The lowest BCUT2D eigenvalue weighted by molar-refractivity contribution is 0.0659. The van der Waals surface area contributed by atoms with Crippen LogP contribution in [0.4, 0.5) is 4.79 Å². The predicted molar refractivity (Wildman–Crippen MR) is 65.2 cm³/mol. The Labute approximate surface area is 97.8 Å². The number of amides is 1. The number of hydrogen-bond donors (Lipinski definition) is 3. The van der Waals surface area contributed by atoms with E-state index in [-0.39, 0.29) is 6.04 Å². The maximum Gasteiger partial charge on any atom is 0.407 e. The van der Waals surface area contributed by atoms with Crippen molar-refractivity contribution in [3.8, 4) is 0 Å². The van der Waals surface area contributed by atoms with Crippen molar-refractivity contribution >= 4 is 16.7 Å². The van der Waals surface area contributed by atoms with Crippen molar-refractivity contribution in [2.45, 2.75) is 45.2 Å². The maximum absolute atomic E-state index is 11.2. The van der Waals surface area contributed by atoms with Crippen LogP contribution in [0.25, 0.3) is 0 Å². The van der Waals surface area contributed by atoms with Crippen LogP contribution in [0.2, 0.25) is 0 Å². The van der Waals surface area contributed by atoms with E-state index in [0.717, 1.165) is 0 Å². The summed E-state index contributed by atoms with van der Waals surface area (Å²) >= 11 is 0. The van der Waals surface area contributed by atoms with E-state index in [1.54, 1.807) is 0 Å². The molecule has 0 aromatic heterocycles. The molecule has 1 rings (SSSR count). The van der Waals surface area contributed by atoms with Crippen molar-refractivity contribution in [1.82, 2.24) is 4.90 Å². The molecule has 96 valence electrons. The van der Waals surface area contributed by atoms with Gasteiger partial charge >= 0.3 is 6.09 Å². The van der Waals surface area contributed by atoms with E-state index in [0.29, 0.717) is 24.3 Å². The summed E-state index contributed by atoms with van der Waals surface area (Å²) in [6, 6.07) is -0.0996. The molecule has 1 fully saturated rings. The molecule has 0 bridgehead atoms. The number of carboxylic acid groups (broad SMARTS) is 1. The van der Waals surface area contributed by atoms with E-state index < -0.39 is 22.2 Å². The molecule has 0 unspecified atom stereocenters. The molecule has 0 aromatic carbocycles. The van der Waals surface area contributed by atoms with Gasteiger partial charge < -0.3 is 10.0 Å². The first-order chi connectivity index (χ1) is 7.13. The quantitative estimate of drug-likeness (QED) is 0.669. The van der Waals surface area contributed by atoms with Crippen LogP contribution in [-0.2, 0) is 0 Å². The summed E-state index contributed by atoms with van der Waals surface area (Å²) in [5.41, 5.74) is -0.448. The molecule has 1 heterocycles. The van der Waals surface area contributed by atoms with E-state index in [4.69, 9.17) is 0 Å². The molecule has 0 aromatic rings. The number of rotatable bonds is 1. The number of nitrogens with zero attached hydrogens (tertiary/aromatic N) is 1. The monoisotopic (exact) mass is 251 g/mol. The van der Waals surface area contributed by atoms with Crippen molar-refractivity contribution < 1.29 is 19.0 Å². The van der Waals surface area contributed by atoms with Gasteiger partial charge in [0.2, 0.25) is 0 Å². The van der Waals surface area contributed by atoms with Crippen LogP contribution in [-0.4, -0.2) is 48.3 Å². The molecular weight excluding hydrogens is 230 g/mol. The molecule has 0 saturated carbocycles. The molecule has 0 radical (unpaired) electrons. The predicted octanol–water partition coefficient (Wildman–Crippen LogP) is 2.68. The van der Waals surface area contributed by atoms with Gasteiger partial charge in [-0.25, -0.2) is 4.79 Å². The molecule has 0 aliphatic carbocycles. The van der Waals surface area contributed by atoms with Crippen LogP contribution < -0.4 is 0 Å². The first-order valence-electron chi connectivity index (χ1n) is 5.39. The van der Waals surface area contributed by atoms with Gasteiger partial charge in [-0.3, -0.25) is 9.11 Å². The van der Waals surface area contributed by atoms with Gasteiger partial charge in [0.05, 0.1) is 0 Å². The highest BCUT2D eigenvalue weighted by Crippen LogP contribution is 2.45. The Bertz CT molecular complexity index is 264. The minimum Gasteiger partial charge on any atom is -0.465 e. The van der Waals surface area contributed by atoms with E-state index in [1.165, 1.54) is 4.90 Å². The fourth-order valence-electron chi connectivity index (χ4n) is 2.14. The van der Waals surface area contributed by atoms with Gasteiger partial charge in [-0.05, 0) is 33.6 Å². The van der Waals surface area contributed by atoms with Crippen LogP contribution in [0.5, 0.6) is 0 Å². The minimum atomic E-state index is -2.44. The molecular formula is C10H21NO4S. The average molecular weight is 251 g/mol. The van der Waals surface area contributed by atoms with Gasteiger partial charge in [-0.15, -0.1) is 0 Å². The lowest BCUT2D eigenvalue weighted by Crippen LogP contribution is -2.53. The van der Waals surface area contributed by atoms with E-state index in [1.807, 2.05) is 20.8 Å². The van der Waals surface area contributed by atoms with Gasteiger partial charge in [0.15, 0.2) is 0 Å². The summed E-state index contributed by atoms with van der Waals surface area (Å²) in [6.45, 7) is 5.56. The molecule has 1 saturated heterocycles. The lowest BCUT2D eigenvalue weighted by Gasteiger charge is -2.46. The fourth-order valence-corrected chi connectivity index (χ4v) is 3.65. The van der Waals surface area contributed by atoms with Crippen LogP contribution in [0, 0.1) is 0 Å². The first-order valence-corrected chi connectivity index (χ1v) is 7.28. The van der Waals surface area contributed by atoms with Crippen LogP contribution in [0.15, 0.2) is 0 Å². The Hall–Kier alpha value is -0.460. The van der Waals surface area contributed by atoms with E-state index >= 15 is 0 Å². The minimum absolute atomic E-state index is 0.0996. The molecule has 3 N–H and O–H groups in total. The Kier molecular flexibility index (Phi) is 3.76. The van der Waals surface area contributed by atoms with Gasteiger partial charge in [0.1, 0.15) is 0 Å². The zero-order valence-corrected chi connectivity index (χ0v) is 10.8. The summed E-state index contributed by atoms with van der Waals surface area (Å²) < 4.78 is 19.0. The normalized spacial score (nSPS) is 23.8. The maximum atomic E-state index is 11.2. The summed E-state index contributed by atoms with van der Waals surface area (Å²) in [6.07, 6.45) is 0.133. The molecule has 6 heteroatoms. The second-order valence-electron chi connectivity index (χ2n) is 5.26.